The third-order valence-corrected chi connectivity index (χ3v) is 5.39. The van der Waals surface area contributed by atoms with Crippen LogP contribution in [0.15, 0.2) is 16.6 Å². The maximum atomic E-state index is 14.4. The Balaban J connectivity index is 2.21. The quantitative estimate of drug-likeness (QED) is 0.891. The Kier molecular flexibility index (Phi) is 4.72. The van der Waals surface area contributed by atoms with Crippen molar-refractivity contribution in [3.63, 3.8) is 0 Å². The molecule has 112 valence electrons. The van der Waals surface area contributed by atoms with Gasteiger partial charge in [-0.3, -0.25) is 0 Å². The van der Waals surface area contributed by atoms with Crippen molar-refractivity contribution < 1.29 is 4.39 Å². The van der Waals surface area contributed by atoms with Crippen molar-refractivity contribution in [1.82, 2.24) is 4.90 Å². The molecule has 0 aliphatic heterocycles. The van der Waals surface area contributed by atoms with E-state index in [9.17, 15) is 4.39 Å². The monoisotopic (exact) mass is 343 g/mol. The van der Waals surface area contributed by atoms with E-state index in [1.165, 1.54) is 19.3 Å². The standard InChI is InChI=1S/C15H23BrFN3/c1-19(2)15(7-4-8-15)10-20(3)12-6-5-11(9-18)13(16)14(12)17/h5-6H,4,7-10,18H2,1-3H3. The predicted molar refractivity (Wildman–Crippen MR) is 85.5 cm³/mol. The van der Waals surface area contributed by atoms with Crippen LogP contribution in [-0.2, 0) is 6.54 Å². The molecule has 3 nitrogen and oxygen atoms in total. The number of benzene rings is 1. The molecule has 0 bridgehead atoms. The number of halogens is 2. The highest BCUT2D eigenvalue weighted by Gasteiger charge is 2.40. The van der Waals surface area contributed by atoms with Crippen LogP contribution in [0.5, 0.6) is 0 Å². The van der Waals surface area contributed by atoms with Crippen molar-refractivity contribution in [1.29, 1.82) is 0 Å². The molecule has 0 radical (unpaired) electrons. The minimum absolute atomic E-state index is 0.181. The predicted octanol–water partition coefficient (Wildman–Crippen LogP) is 2.97. The van der Waals surface area contributed by atoms with E-state index in [0.717, 1.165) is 12.1 Å². The van der Waals surface area contributed by atoms with Gasteiger partial charge in [-0.2, -0.15) is 0 Å². The first-order chi connectivity index (χ1) is 9.41. The average Bonchev–Trinajstić information content (AvgIpc) is 2.36. The number of likely N-dealkylation sites (N-methyl/N-ethyl adjacent to an activating group) is 2. The summed E-state index contributed by atoms with van der Waals surface area (Å²) in [4.78, 5) is 4.29. The van der Waals surface area contributed by atoms with E-state index in [-0.39, 0.29) is 11.4 Å². The smallest absolute Gasteiger partial charge is 0.160 e. The first-order valence-corrected chi connectivity index (χ1v) is 7.76. The van der Waals surface area contributed by atoms with E-state index in [2.05, 4.69) is 34.9 Å². The minimum atomic E-state index is -0.219. The van der Waals surface area contributed by atoms with Gasteiger partial charge in [0.25, 0.3) is 0 Å². The van der Waals surface area contributed by atoms with Crippen LogP contribution in [0.4, 0.5) is 10.1 Å². The molecule has 0 atom stereocenters. The second-order valence-corrected chi connectivity index (χ2v) is 6.70. The lowest BCUT2D eigenvalue weighted by Gasteiger charge is -2.49. The number of rotatable bonds is 5. The molecule has 2 rings (SSSR count). The lowest BCUT2D eigenvalue weighted by Crippen LogP contribution is -2.56. The summed E-state index contributed by atoms with van der Waals surface area (Å²) in [5, 5.41) is 0. The number of hydrogen-bond acceptors (Lipinski definition) is 3. The number of nitrogens with zero attached hydrogens (tertiary/aromatic N) is 2. The molecule has 0 spiro atoms. The van der Waals surface area contributed by atoms with E-state index in [4.69, 9.17) is 5.73 Å². The van der Waals surface area contributed by atoms with Crippen molar-refractivity contribution in [3.8, 4) is 0 Å². The molecule has 0 unspecified atom stereocenters. The van der Waals surface area contributed by atoms with Crippen molar-refractivity contribution in [2.24, 2.45) is 5.73 Å². The van der Waals surface area contributed by atoms with Gasteiger partial charge in [0.15, 0.2) is 5.82 Å². The second-order valence-electron chi connectivity index (χ2n) is 5.90. The second kappa shape index (κ2) is 6.00. The first kappa shape index (κ1) is 15.7. The molecule has 1 fully saturated rings. The molecule has 1 aromatic rings. The van der Waals surface area contributed by atoms with Gasteiger partial charge in [0, 0.05) is 25.7 Å². The number of anilines is 1. The Morgan fingerprint density at radius 1 is 1.30 bits per heavy atom. The zero-order valence-electron chi connectivity index (χ0n) is 12.4. The fourth-order valence-corrected chi connectivity index (χ4v) is 3.39. The molecule has 0 heterocycles. The minimum Gasteiger partial charge on any atom is -0.370 e. The average molecular weight is 344 g/mol. The summed E-state index contributed by atoms with van der Waals surface area (Å²) in [5.41, 5.74) is 7.21. The Hall–Kier alpha value is -0.650. The summed E-state index contributed by atoms with van der Waals surface area (Å²) in [7, 11) is 6.17. The lowest BCUT2D eigenvalue weighted by atomic mass is 9.75. The fourth-order valence-electron chi connectivity index (χ4n) is 2.89. The first-order valence-electron chi connectivity index (χ1n) is 6.97. The maximum absolute atomic E-state index is 14.4. The summed E-state index contributed by atoms with van der Waals surface area (Å²) in [6.45, 7) is 1.18. The van der Waals surface area contributed by atoms with Crippen molar-refractivity contribution in [2.45, 2.75) is 31.3 Å². The molecule has 1 aromatic carbocycles. The Bertz CT molecular complexity index is 486. The zero-order valence-corrected chi connectivity index (χ0v) is 14.0. The molecule has 0 saturated heterocycles. The van der Waals surface area contributed by atoms with Crippen LogP contribution in [0.1, 0.15) is 24.8 Å². The van der Waals surface area contributed by atoms with Gasteiger partial charge < -0.3 is 15.5 Å². The molecule has 0 amide bonds. The summed E-state index contributed by atoms with van der Waals surface area (Å²) < 4.78 is 14.9. The van der Waals surface area contributed by atoms with Gasteiger partial charge in [0.05, 0.1) is 10.2 Å². The fraction of sp³-hybridized carbons (Fsp3) is 0.600. The molecular weight excluding hydrogens is 321 g/mol. The highest BCUT2D eigenvalue weighted by molar-refractivity contribution is 9.10. The molecule has 1 aliphatic carbocycles. The normalized spacial score (nSPS) is 17.1. The van der Waals surface area contributed by atoms with Crippen molar-refractivity contribution in [2.75, 3.05) is 32.6 Å². The van der Waals surface area contributed by atoms with Crippen LogP contribution < -0.4 is 10.6 Å². The molecule has 20 heavy (non-hydrogen) atoms. The SMILES string of the molecule is CN(CC1(N(C)C)CCC1)c1ccc(CN)c(Br)c1F. The molecule has 1 aliphatic rings. The Morgan fingerprint density at radius 2 is 1.95 bits per heavy atom. The van der Waals surface area contributed by atoms with E-state index in [0.29, 0.717) is 16.7 Å². The van der Waals surface area contributed by atoms with Crippen LogP contribution in [0, 0.1) is 5.82 Å². The molecular formula is C15H23BrFN3. The van der Waals surface area contributed by atoms with Crippen LogP contribution in [-0.4, -0.2) is 38.1 Å². The Morgan fingerprint density at radius 3 is 2.40 bits per heavy atom. The van der Waals surface area contributed by atoms with E-state index >= 15 is 0 Å². The maximum Gasteiger partial charge on any atom is 0.160 e. The largest absolute Gasteiger partial charge is 0.370 e. The summed E-state index contributed by atoms with van der Waals surface area (Å²) in [6, 6.07) is 3.71. The van der Waals surface area contributed by atoms with Gasteiger partial charge in [0.1, 0.15) is 0 Å². The van der Waals surface area contributed by atoms with Gasteiger partial charge in [0.2, 0.25) is 0 Å². The van der Waals surface area contributed by atoms with Gasteiger partial charge in [-0.05, 0) is 60.9 Å². The van der Waals surface area contributed by atoms with Gasteiger partial charge in [-0.15, -0.1) is 0 Å². The van der Waals surface area contributed by atoms with Crippen LogP contribution in [0.25, 0.3) is 0 Å². The summed E-state index contributed by atoms with van der Waals surface area (Å²) >= 11 is 3.31. The highest BCUT2D eigenvalue weighted by Crippen LogP contribution is 2.38. The number of hydrogen-bond donors (Lipinski definition) is 1. The third kappa shape index (κ3) is 2.71. The summed E-state index contributed by atoms with van der Waals surface area (Å²) in [6.07, 6.45) is 3.60. The van der Waals surface area contributed by atoms with Crippen molar-refractivity contribution in [3.05, 3.63) is 28.0 Å². The van der Waals surface area contributed by atoms with E-state index in [1.54, 1.807) is 0 Å². The van der Waals surface area contributed by atoms with Crippen LogP contribution in [0.3, 0.4) is 0 Å². The summed E-state index contributed by atoms with van der Waals surface area (Å²) in [5.74, 6) is -0.219. The van der Waals surface area contributed by atoms with E-state index in [1.807, 2.05) is 24.1 Å². The van der Waals surface area contributed by atoms with Gasteiger partial charge in [-0.1, -0.05) is 6.07 Å². The van der Waals surface area contributed by atoms with Crippen LogP contribution in [0.2, 0.25) is 0 Å². The van der Waals surface area contributed by atoms with Gasteiger partial charge >= 0.3 is 0 Å². The van der Waals surface area contributed by atoms with E-state index < -0.39 is 0 Å². The van der Waals surface area contributed by atoms with Crippen LogP contribution >= 0.6 is 15.9 Å². The Labute approximate surface area is 129 Å². The number of nitrogens with two attached hydrogens (primary N) is 1. The van der Waals surface area contributed by atoms with Gasteiger partial charge in [-0.25, -0.2) is 4.39 Å². The molecule has 5 heteroatoms. The van der Waals surface area contributed by atoms with Crippen molar-refractivity contribution >= 4 is 21.6 Å². The molecule has 2 N–H and O–H groups in total. The zero-order chi connectivity index (χ0) is 14.9. The lowest BCUT2D eigenvalue weighted by molar-refractivity contribution is 0.0682. The molecule has 1 saturated carbocycles. The highest BCUT2D eigenvalue weighted by atomic mass is 79.9. The topological polar surface area (TPSA) is 32.5 Å². The third-order valence-electron chi connectivity index (χ3n) is 4.54. The molecule has 0 aromatic heterocycles.